The van der Waals surface area contributed by atoms with Gasteiger partial charge in [-0.05, 0) is 37.1 Å². The maximum absolute atomic E-state index is 11.5. The van der Waals surface area contributed by atoms with E-state index in [0.29, 0.717) is 16.8 Å². The number of hydrogen-bond acceptors (Lipinski definition) is 4. The average molecular weight is 253 g/mol. The van der Waals surface area contributed by atoms with Crippen LogP contribution in [0, 0.1) is 13.8 Å². The smallest absolute Gasteiger partial charge is 0.329 e. The third-order valence-corrected chi connectivity index (χ3v) is 2.28. The van der Waals surface area contributed by atoms with Gasteiger partial charge in [0.1, 0.15) is 19.0 Å². The van der Waals surface area contributed by atoms with Crippen molar-refractivity contribution in [1.82, 2.24) is 0 Å². The Morgan fingerprint density at radius 1 is 1.22 bits per heavy atom. The van der Waals surface area contributed by atoms with Crippen LogP contribution in [0.5, 0.6) is 5.75 Å². The molecule has 6 heteroatoms. The predicted molar refractivity (Wildman–Crippen MR) is 64.7 cm³/mol. The van der Waals surface area contributed by atoms with E-state index in [1.807, 2.05) is 0 Å². The first-order valence-electron chi connectivity index (χ1n) is 5.29. The molecule has 6 nitrogen and oxygen atoms in total. The lowest BCUT2D eigenvalue weighted by molar-refractivity contribution is -0.143. The topological polar surface area (TPSA) is 95.9 Å². The summed E-state index contributed by atoms with van der Waals surface area (Å²) in [5.74, 6) is -1.41. The summed E-state index contributed by atoms with van der Waals surface area (Å²) in [5.41, 5.74) is 1.92. The maximum Gasteiger partial charge on any atom is 0.329 e. The number of nitrogens with one attached hydrogen (secondary N) is 1. The van der Waals surface area contributed by atoms with E-state index in [0.717, 1.165) is 0 Å². The third-order valence-electron chi connectivity index (χ3n) is 2.28. The van der Waals surface area contributed by atoms with Crippen LogP contribution in [0.2, 0.25) is 0 Å². The van der Waals surface area contributed by atoms with E-state index in [9.17, 15) is 14.7 Å². The van der Waals surface area contributed by atoms with Crippen molar-refractivity contribution in [3.63, 3.8) is 0 Å². The van der Waals surface area contributed by atoms with Crippen molar-refractivity contribution >= 4 is 17.6 Å². The van der Waals surface area contributed by atoms with Crippen LogP contribution in [0.3, 0.4) is 0 Å². The first-order chi connectivity index (χ1) is 8.40. The van der Waals surface area contributed by atoms with E-state index in [-0.39, 0.29) is 12.4 Å². The Bertz CT molecular complexity index is 470. The zero-order valence-electron chi connectivity index (χ0n) is 10.2. The van der Waals surface area contributed by atoms with Gasteiger partial charge in [-0.2, -0.15) is 0 Å². The fourth-order valence-corrected chi connectivity index (χ4v) is 1.35. The quantitative estimate of drug-likeness (QED) is 0.681. The van der Waals surface area contributed by atoms with Crippen molar-refractivity contribution < 1.29 is 24.5 Å². The van der Waals surface area contributed by atoms with E-state index in [4.69, 9.17) is 5.11 Å². The molecule has 1 amide bonds. The molecule has 0 aromatic heterocycles. The van der Waals surface area contributed by atoms with Gasteiger partial charge in [-0.15, -0.1) is 0 Å². The molecular weight excluding hydrogens is 238 g/mol. The van der Waals surface area contributed by atoms with E-state index in [1.165, 1.54) is 0 Å². The number of carboxylic acids is 1. The van der Waals surface area contributed by atoms with Crippen molar-refractivity contribution in [3.8, 4) is 5.75 Å². The Hall–Kier alpha value is -2.08. The first-order valence-corrected chi connectivity index (χ1v) is 5.29. The minimum atomic E-state index is -1.13. The molecule has 0 bridgehead atoms. The number of amides is 1. The van der Waals surface area contributed by atoms with E-state index < -0.39 is 18.5 Å². The molecule has 0 atom stereocenters. The summed E-state index contributed by atoms with van der Waals surface area (Å²) in [7, 11) is 0. The van der Waals surface area contributed by atoms with Gasteiger partial charge in [0.25, 0.3) is 0 Å². The third kappa shape index (κ3) is 4.06. The van der Waals surface area contributed by atoms with Crippen molar-refractivity contribution in [2.75, 3.05) is 18.5 Å². The summed E-state index contributed by atoms with van der Waals surface area (Å²) in [6.07, 6.45) is 0. The molecule has 0 spiro atoms. The molecule has 0 saturated carbocycles. The number of hydrogen-bond donors (Lipinski definition) is 3. The minimum absolute atomic E-state index is 0.160. The molecule has 18 heavy (non-hydrogen) atoms. The van der Waals surface area contributed by atoms with E-state index >= 15 is 0 Å². The molecule has 0 aliphatic heterocycles. The summed E-state index contributed by atoms with van der Waals surface area (Å²) in [4.78, 5) is 21.6. The lowest BCUT2D eigenvalue weighted by Gasteiger charge is -2.10. The number of rotatable bonds is 5. The van der Waals surface area contributed by atoms with Gasteiger partial charge < -0.3 is 20.3 Å². The molecule has 3 N–H and O–H groups in total. The zero-order valence-corrected chi connectivity index (χ0v) is 10.2. The number of aliphatic carboxylic acids is 1. The molecule has 0 heterocycles. The molecule has 1 aromatic rings. The standard InChI is InChI=1S/C12H15NO5/c1-7-4-10(14)8(2)3-9(7)13-11(15)5-18-6-12(16)17/h3-4,14H,5-6H2,1-2H3,(H,13,15)(H,16,17). The fraction of sp³-hybridized carbons (Fsp3) is 0.333. The molecule has 0 aliphatic carbocycles. The van der Waals surface area contributed by atoms with E-state index in [2.05, 4.69) is 10.1 Å². The first kappa shape index (κ1) is 14.0. The highest BCUT2D eigenvalue weighted by atomic mass is 16.5. The number of ether oxygens (including phenoxy) is 1. The number of carboxylic acid groups (broad SMARTS) is 1. The molecule has 0 unspecified atom stereocenters. The highest BCUT2D eigenvalue weighted by Crippen LogP contribution is 2.24. The highest BCUT2D eigenvalue weighted by molar-refractivity contribution is 5.92. The van der Waals surface area contributed by atoms with E-state index in [1.54, 1.807) is 26.0 Å². The SMILES string of the molecule is Cc1cc(NC(=O)COCC(=O)O)c(C)cc1O. The normalized spacial score (nSPS) is 10.1. The molecule has 0 radical (unpaired) electrons. The van der Waals surface area contributed by atoms with Gasteiger partial charge in [-0.3, -0.25) is 4.79 Å². The highest BCUT2D eigenvalue weighted by Gasteiger charge is 2.08. The number of anilines is 1. The fourth-order valence-electron chi connectivity index (χ4n) is 1.35. The number of benzene rings is 1. The van der Waals surface area contributed by atoms with Gasteiger partial charge in [-0.25, -0.2) is 4.79 Å². The van der Waals surface area contributed by atoms with Gasteiger partial charge >= 0.3 is 5.97 Å². The molecule has 1 aromatic carbocycles. The zero-order chi connectivity index (χ0) is 13.7. The van der Waals surface area contributed by atoms with Gasteiger partial charge in [0.15, 0.2) is 0 Å². The predicted octanol–water partition coefficient (Wildman–Crippen LogP) is 1.05. The van der Waals surface area contributed by atoms with Crippen LogP contribution in [-0.4, -0.2) is 35.3 Å². The summed E-state index contributed by atoms with van der Waals surface area (Å²) < 4.78 is 4.66. The van der Waals surface area contributed by atoms with Crippen LogP contribution in [0.4, 0.5) is 5.69 Å². The monoisotopic (exact) mass is 253 g/mol. The lowest BCUT2D eigenvalue weighted by atomic mass is 10.1. The molecule has 0 saturated heterocycles. The molecule has 98 valence electrons. The summed E-state index contributed by atoms with van der Waals surface area (Å²) in [6.45, 7) is 2.62. The van der Waals surface area contributed by atoms with Gasteiger partial charge in [0.2, 0.25) is 5.91 Å². The van der Waals surface area contributed by atoms with Crippen LogP contribution in [0.1, 0.15) is 11.1 Å². The number of phenols is 1. The largest absolute Gasteiger partial charge is 0.508 e. The summed E-state index contributed by atoms with van der Waals surface area (Å²) in [6, 6.07) is 3.18. The van der Waals surface area contributed by atoms with Crippen molar-refractivity contribution in [1.29, 1.82) is 0 Å². The van der Waals surface area contributed by atoms with Crippen LogP contribution in [0.15, 0.2) is 12.1 Å². The lowest BCUT2D eigenvalue weighted by Crippen LogP contribution is -2.21. The van der Waals surface area contributed by atoms with Crippen LogP contribution >= 0.6 is 0 Å². The number of carbonyl (C=O) groups is 2. The number of phenolic OH excluding ortho intramolecular Hbond substituents is 1. The Morgan fingerprint density at radius 3 is 2.50 bits per heavy atom. The second-order valence-corrected chi connectivity index (χ2v) is 3.89. The Balaban J connectivity index is 2.59. The number of aromatic hydroxyl groups is 1. The summed E-state index contributed by atoms with van der Waals surface area (Å²) in [5, 5.41) is 20.4. The van der Waals surface area contributed by atoms with Crippen molar-refractivity contribution in [2.45, 2.75) is 13.8 Å². The second kappa shape index (κ2) is 6.02. The van der Waals surface area contributed by atoms with Crippen LogP contribution in [0.25, 0.3) is 0 Å². The van der Waals surface area contributed by atoms with Gasteiger partial charge in [0.05, 0.1) is 0 Å². The number of carbonyl (C=O) groups excluding carboxylic acids is 1. The molecular formula is C12H15NO5. The number of aryl methyl sites for hydroxylation is 2. The Morgan fingerprint density at radius 2 is 1.89 bits per heavy atom. The van der Waals surface area contributed by atoms with Crippen molar-refractivity contribution in [2.24, 2.45) is 0 Å². The second-order valence-electron chi connectivity index (χ2n) is 3.89. The molecule has 1 rings (SSSR count). The average Bonchev–Trinajstić information content (AvgIpc) is 2.25. The minimum Gasteiger partial charge on any atom is -0.508 e. The maximum atomic E-state index is 11.5. The summed E-state index contributed by atoms with van der Waals surface area (Å²) >= 11 is 0. The van der Waals surface area contributed by atoms with Crippen LogP contribution < -0.4 is 5.32 Å². The van der Waals surface area contributed by atoms with Gasteiger partial charge in [-0.1, -0.05) is 0 Å². The Kier molecular flexibility index (Phi) is 4.67. The van der Waals surface area contributed by atoms with Crippen LogP contribution in [-0.2, 0) is 14.3 Å². The molecule has 0 aliphatic rings. The van der Waals surface area contributed by atoms with Crippen molar-refractivity contribution in [3.05, 3.63) is 23.3 Å². The van der Waals surface area contributed by atoms with Gasteiger partial charge in [0, 0.05) is 5.69 Å². The Labute approximate surface area is 104 Å². The molecule has 0 fully saturated rings.